The van der Waals surface area contributed by atoms with Crippen molar-refractivity contribution in [1.82, 2.24) is 0 Å². The summed E-state index contributed by atoms with van der Waals surface area (Å²) in [6.07, 6.45) is -0.434. The van der Waals surface area contributed by atoms with E-state index in [1.165, 1.54) is 7.11 Å². The molecule has 1 aliphatic heterocycles. The summed E-state index contributed by atoms with van der Waals surface area (Å²) in [5.41, 5.74) is 2.84. The van der Waals surface area contributed by atoms with Gasteiger partial charge in [0.2, 0.25) is 0 Å². The Balaban J connectivity index is 2.36. The molecule has 0 saturated heterocycles. The fraction of sp³-hybridized carbons (Fsp3) is 0.364. The number of hydrogen-bond donors (Lipinski definition) is 2. The van der Waals surface area contributed by atoms with Crippen molar-refractivity contribution in [3.05, 3.63) is 23.8 Å². The van der Waals surface area contributed by atoms with Crippen LogP contribution in [0.1, 0.15) is 5.56 Å². The Kier molecular flexibility index (Phi) is 2.60. The second kappa shape index (κ2) is 3.90. The molecule has 2 N–H and O–H groups in total. The molecule has 1 aromatic carbocycles. The zero-order valence-corrected chi connectivity index (χ0v) is 8.83. The van der Waals surface area contributed by atoms with Crippen LogP contribution in [0.2, 0.25) is 0 Å². The highest BCUT2D eigenvalue weighted by atomic mass is 16.5. The highest BCUT2D eigenvalue weighted by Gasteiger charge is 2.23. The summed E-state index contributed by atoms with van der Waals surface area (Å²) in [7, 11) is 1.54. The van der Waals surface area contributed by atoms with E-state index in [1.807, 2.05) is 25.1 Å². The molecule has 1 atom stereocenters. The Morgan fingerprint density at radius 3 is 3.00 bits per heavy atom. The van der Waals surface area contributed by atoms with Gasteiger partial charge in [0.1, 0.15) is 0 Å². The van der Waals surface area contributed by atoms with Gasteiger partial charge < -0.3 is 15.4 Å². The zero-order chi connectivity index (χ0) is 10.8. The van der Waals surface area contributed by atoms with Crippen molar-refractivity contribution in [2.24, 2.45) is 0 Å². The van der Waals surface area contributed by atoms with Gasteiger partial charge in [0.25, 0.3) is 5.91 Å². The van der Waals surface area contributed by atoms with E-state index in [0.29, 0.717) is 6.54 Å². The van der Waals surface area contributed by atoms with E-state index in [0.717, 1.165) is 16.9 Å². The van der Waals surface area contributed by atoms with Crippen molar-refractivity contribution in [3.8, 4) is 0 Å². The fourth-order valence-electron chi connectivity index (χ4n) is 1.67. The molecule has 0 aliphatic carbocycles. The Morgan fingerprint density at radius 1 is 1.47 bits per heavy atom. The minimum Gasteiger partial charge on any atom is -0.380 e. The summed E-state index contributed by atoms with van der Waals surface area (Å²) in [5, 5.41) is 6.05. The van der Waals surface area contributed by atoms with E-state index in [1.54, 1.807) is 0 Å². The molecule has 0 radical (unpaired) electrons. The van der Waals surface area contributed by atoms with Crippen molar-refractivity contribution in [2.75, 3.05) is 24.3 Å². The van der Waals surface area contributed by atoms with Crippen molar-refractivity contribution in [2.45, 2.75) is 13.0 Å². The first-order valence-electron chi connectivity index (χ1n) is 4.89. The molecule has 0 aromatic heterocycles. The minimum atomic E-state index is -0.434. The predicted molar refractivity (Wildman–Crippen MR) is 59.1 cm³/mol. The number of ether oxygens (including phenoxy) is 1. The molecule has 0 saturated carbocycles. The summed E-state index contributed by atoms with van der Waals surface area (Å²) >= 11 is 0. The topological polar surface area (TPSA) is 50.4 Å². The van der Waals surface area contributed by atoms with Crippen LogP contribution < -0.4 is 10.6 Å². The average molecular weight is 206 g/mol. The van der Waals surface area contributed by atoms with Crippen LogP contribution in [0, 0.1) is 6.92 Å². The summed E-state index contributed by atoms with van der Waals surface area (Å²) in [6, 6.07) is 5.87. The second-order valence-corrected chi connectivity index (χ2v) is 3.59. The molecular formula is C11H14N2O2. The maximum absolute atomic E-state index is 11.7. The third-order valence-corrected chi connectivity index (χ3v) is 2.58. The van der Waals surface area contributed by atoms with Gasteiger partial charge in [-0.1, -0.05) is 12.1 Å². The van der Waals surface area contributed by atoms with Gasteiger partial charge in [0.15, 0.2) is 6.10 Å². The highest BCUT2D eigenvalue weighted by molar-refractivity contribution is 5.99. The van der Waals surface area contributed by atoms with Gasteiger partial charge in [-0.25, -0.2) is 0 Å². The molecule has 0 fully saturated rings. The predicted octanol–water partition coefficient (Wildman–Crippen LogP) is 1.37. The fourth-order valence-corrected chi connectivity index (χ4v) is 1.67. The lowest BCUT2D eigenvalue weighted by Gasteiger charge is -2.10. The van der Waals surface area contributed by atoms with Crippen molar-refractivity contribution >= 4 is 17.3 Å². The quantitative estimate of drug-likeness (QED) is 0.729. The third kappa shape index (κ3) is 1.80. The monoisotopic (exact) mass is 206 g/mol. The molecule has 0 spiro atoms. The first-order chi connectivity index (χ1) is 7.22. The first kappa shape index (κ1) is 9.98. The van der Waals surface area contributed by atoms with Crippen molar-refractivity contribution < 1.29 is 9.53 Å². The van der Waals surface area contributed by atoms with Crippen LogP contribution in [0.5, 0.6) is 0 Å². The lowest BCUT2D eigenvalue weighted by molar-refractivity contribution is -0.124. The van der Waals surface area contributed by atoms with E-state index >= 15 is 0 Å². The molecule has 1 heterocycles. The minimum absolute atomic E-state index is 0.0990. The number of amides is 1. The van der Waals surface area contributed by atoms with Crippen LogP contribution in [0.4, 0.5) is 11.4 Å². The number of carbonyl (C=O) groups excluding carboxylic acids is 1. The number of fused-ring (bicyclic) bond motifs is 1. The number of hydrogen-bond acceptors (Lipinski definition) is 3. The van der Waals surface area contributed by atoms with Crippen LogP contribution in [0.3, 0.4) is 0 Å². The van der Waals surface area contributed by atoms with Crippen molar-refractivity contribution in [3.63, 3.8) is 0 Å². The smallest absolute Gasteiger partial charge is 0.255 e. The van der Waals surface area contributed by atoms with Gasteiger partial charge in [-0.2, -0.15) is 0 Å². The maximum Gasteiger partial charge on any atom is 0.255 e. The molecule has 80 valence electrons. The molecule has 1 aliphatic rings. The number of anilines is 2. The molecular weight excluding hydrogens is 192 g/mol. The van der Waals surface area contributed by atoms with Crippen LogP contribution in [-0.2, 0) is 9.53 Å². The van der Waals surface area contributed by atoms with E-state index in [4.69, 9.17) is 4.74 Å². The molecule has 0 bridgehead atoms. The number of para-hydroxylation sites is 1. The molecule has 15 heavy (non-hydrogen) atoms. The van der Waals surface area contributed by atoms with Gasteiger partial charge >= 0.3 is 0 Å². The van der Waals surface area contributed by atoms with Gasteiger partial charge in [-0.3, -0.25) is 4.79 Å². The number of benzene rings is 1. The summed E-state index contributed by atoms with van der Waals surface area (Å²) in [6.45, 7) is 2.46. The van der Waals surface area contributed by atoms with Gasteiger partial charge in [0.05, 0.1) is 17.9 Å². The molecule has 4 heteroatoms. The second-order valence-electron chi connectivity index (χ2n) is 3.59. The van der Waals surface area contributed by atoms with Gasteiger partial charge in [-0.05, 0) is 18.6 Å². The van der Waals surface area contributed by atoms with Crippen LogP contribution in [0.15, 0.2) is 18.2 Å². The normalized spacial score (nSPS) is 19.9. The number of nitrogens with one attached hydrogen (secondary N) is 2. The maximum atomic E-state index is 11.7. The van der Waals surface area contributed by atoms with E-state index in [2.05, 4.69) is 10.6 Å². The first-order valence-corrected chi connectivity index (χ1v) is 4.89. The average Bonchev–Trinajstić information content (AvgIpc) is 2.38. The molecule has 1 aromatic rings. The highest BCUT2D eigenvalue weighted by Crippen LogP contribution is 2.27. The van der Waals surface area contributed by atoms with Gasteiger partial charge in [-0.15, -0.1) is 0 Å². The van der Waals surface area contributed by atoms with E-state index in [-0.39, 0.29) is 5.91 Å². The zero-order valence-electron chi connectivity index (χ0n) is 8.83. The number of methoxy groups -OCH3 is 1. The van der Waals surface area contributed by atoms with Crippen molar-refractivity contribution in [1.29, 1.82) is 0 Å². The van der Waals surface area contributed by atoms with Crippen LogP contribution >= 0.6 is 0 Å². The lowest BCUT2D eigenvalue weighted by atomic mass is 10.1. The van der Waals surface area contributed by atoms with E-state index < -0.39 is 6.10 Å². The lowest BCUT2D eigenvalue weighted by Crippen LogP contribution is -2.32. The summed E-state index contributed by atoms with van der Waals surface area (Å²) < 4.78 is 5.08. The summed E-state index contributed by atoms with van der Waals surface area (Å²) in [5.74, 6) is -0.0990. The van der Waals surface area contributed by atoms with Crippen LogP contribution in [0.25, 0.3) is 0 Å². The molecule has 2 rings (SSSR count). The number of rotatable bonds is 1. The molecule has 1 amide bonds. The Hall–Kier alpha value is -1.55. The van der Waals surface area contributed by atoms with E-state index in [9.17, 15) is 4.79 Å². The Bertz CT molecular complexity index is 390. The molecule has 1 unspecified atom stereocenters. The molecule has 4 nitrogen and oxygen atoms in total. The van der Waals surface area contributed by atoms with Gasteiger partial charge in [0, 0.05) is 7.11 Å². The summed E-state index contributed by atoms with van der Waals surface area (Å²) in [4.78, 5) is 11.7. The SMILES string of the molecule is COC1CNc2cccc(C)c2NC1=O. The third-order valence-electron chi connectivity index (χ3n) is 2.58. The Morgan fingerprint density at radius 2 is 2.27 bits per heavy atom. The number of carbonyl (C=O) groups is 1. The number of aryl methyl sites for hydroxylation is 1. The Labute approximate surface area is 88.6 Å². The van der Waals surface area contributed by atoms with Crippen LogP contribution in [-0.4, -0.2) is 25.7 Å². The standard InChI is InChI=1S/C11H14N2O2/c1-7-4-3-5-8-10(7)13-11(14)9(15-2)6-12-8/h3-5,9,12H,6H2,1-2H3,(H,13,14). The largest absolute Gasteiger partial charge is 0.380 e.